The highest BCUT2D eigenvalue weighted by atomic mass is 32.2. The van der Waals surface area contributed by atoms with Gasteiger partial charge in [0.1, 0.15) is 11.4 Å². The highest BCUT2D eigenvalue weighted by Crippen LogP contribution is 2.29. The molecule has 3 aromatic carbocycles. The topological polar surface area (TPSA) is 63.6 Å². The fraction of sp³-hybridized carbons (Fsp3) is 0.200. The second-order valence-electron chi connectivity index (χ2n) is 6.27. The minimum absolute atomic E-state index is 0.161. The van der Waals surface area contributed by atoms with Crippen molar-refractivity contribution in [1.82, 2.24) is 0 Å². The van der Waals surface area contributed by atoms with Crippen molar-refractivity contribution in [3.63, 3.8) is 0 Å². The van der Waals surface area contributed by atoms with Crippen molar-refractivity contribution in [2.24, 2.45) is 0 Å². The molecule has 0 saturated heterocycles. The van der Waals surface area contributed by atoms with Crippen LogP contribution in [0.2, 0.25) is 0 Å². The Kier molecular flexibility index (Phi) is 4.54. The van der Waals surface area contributed by atoms with Crippen molar-refractivity contribution < 1.29 is 18.3 Å². The van der Waals surface area contributed by atoms with Gasteiger partial charge in [-0.3, -0.25) is 0 Å². The summed E-state index contributed by atoms with van der Waals surface area (Å²) in [7, 11) is -2.13. The SMILES string of the molecule is COc1ccc(S(=O)(=O)CC(C)(O)c2ccc3ccccc3c2)cc1. The third kappa shape index (κ3) is 3.67. The lowest BCUT2D eigenvalue weighted by Gasteiger charge is -2.24. The second kappa shape index (κ2) is 6.50. The zero-order valence-corrected chi connectivity index (χ0v) is 15.0. The molecule has 0 fully saturated rings. The fourth-order valence-corrected chi connectivity index (χ4v) is 4.47. The molecule has 0 spiro atoms. The van der Waals surface area contributed by atoms with Gasteiger partial charge in [0.25, 0.3) is 0 Å². The molecule has 130 valence electrons. The lowest BCUT2D eigenvalue weighted by atomic mass is 9.95. The Morgan fingerprint density at radius 2 is 1.60 bits per heavy atom. The van der Waals surface area contributed by atoms with Crippen LogP contribution in [0.5, 0.6) is 5.75 Å². The molecule has 0 radical (unpaired) electrons. The van der Waals surface area contributed by atoms with E-state index in [9.17, 15) is 13.5 Å². The number of rotatable bonds is 5. The Labute approximate surface area is 147 Å². The maximum atomic E-state index is 12.7. The summed E-state index contributed by atoms with van der Waals surface area (Å²) in [4.78, 5) is 0.161. The fourth-order valence-electron chi connectivity index (χ4n) is 2.84. The van der Waals surface area contributed by atoms with E-state index in [2.05, 4.69) is 0 Å². The van der Waals surface area contributed by atoms with Crippen LogP contribution in [0, 0.1) is 0 Å². The lowest BCUT2D eigenvalue weighted by Crippen LogP contribution is -2.31. The van der Waals surface area contributed by atoms with Crippen LogP contribution in [0.3, 0.4) is 0 Å². The average molecular weight is 356 g/mol. The molecular weight excluding hydrogens is 336 g/mol. The molecule has 0 aliphatic heterocycles. The first-order valence-electron chi connectivity index (χ1n) is 7.90. The van der Waals surface area contributed by atoms with Crippen LogP contribution < -0.4 is 4.74 Å². The number of ether oxygens (including phenoxy) is 1. The van der Waals surface area contributed by atoms with Gasteiger partial charge in [0.15, 0.2) is 9.84 Å². The molecule has 0 aromatic heterocycles. The first-order chi connectivity index (χ1) is 11.8. The Morgan fingerprint density at radius 3 is 2.24 bits per heavy atom. The number of methoxy groups -OCH3 is 1. The third-order valence-electron chi connectivity index (χ3n) is 4.26. The summed E-state index contributed by atoms with van der Waals surface area (Å²) in [6.45, 7) is 1.53. The predicted octanol–water partition coefficient (Wildman–Crippen LogP) is 3.53. The van der Waals surface area contributed by atoms with Gasteiger partial charge in [0.2, 0.25) is 0 Å². The standard InChI is InChI=1S/C20H20O4S/c1-20(21,17-8-7-15-5-3-4-6-16(15)13-17)14-25(22,23)19-11-9-18(24-2)10-12-19/h3-13,21H,14H2,1-2H3. The van der Waals surface area contributed by atoms with Crippen molar-refractivity contribution in [3.8, 4) is 5.75 Å². The molecule has 1 N–H and O–H groups in total. The predicted molar refractivity (Wildman–Crippen MR) is 98.6 cm³/mol. The van der Waals surface area contributed by atoms with Gasteiger partial charge < -0.3 is 9.84 Å². The molecule has 3 rings (SSSR count). The van der Waals surface area contributed by atoms with Crippen molar-refractivity contribution in [2.45, 2.75) is 17.4 Å². The van der Waals surface area contributed by atoms with E-state index in [1.807, 2.05) is 36.4 Å². The highest BCUT2D eigenvalue weighted by molar-refractivity contribution is 7.91. The number of hydrogen-bond acceptors (Lipinski definition) is 4. The van der Waals surface area contributed by atoms with Gasteiger partial charge >= 0.3 is 0 Å². The van der Waals surface area contributed by atoms with Gasteiger partial charge in [-0.25, -0.2) is 8.42 Å². The van der Waals surface area contributed by atoms with Gasteiger partial charge in [-0.2, -0.15) is 0 Å². The first-order valence-corrected chi connectivity index (χ1v) is 9.55. The van der Waals surface area contributed by atoms with E-state index in [1.165, 1.54) is 26.2 Å². The number of hydrogen-bond donors (Lipinski definition) is 1. The third-order valence-corrected chi connectivity index (χ3v) is 6.19. The summed E-state index contributed by atoms with van der Waals surface area (Å²) in [6.07, 6.45) is 0. The normalized spacial score (nSPS) is 14.2. The van der Waals surface area contributed by atoms with Crippen molar-refractivity contribution in [2.75, 3.05) is 12.9 Å². The summed E-state index contributed by atoms with van der Waals surface area (Å²) in [6, 6.07) is 19.4. The maximum absolute atomic E-state index is 12.7. The van der Waals surface area contributed by atoms with Gasteiger partial charge in [-0.1, -0.05) is 36.4 Å². The maximum Gasteiger partial charge on any atom is 0.181 e. The number of aliphatic hydroxyl groups is 1. The highest BCUT2D eigenvalue weighted by Gasteiger charge is 2.31. The quantitative estimate of drug-likeness (QED) is 0.760. The van der Waals surface area contributed by atoms with Crippen LogP contribution >= 0.6 is 0 Å². The molecule has 4 nitrogen and oxygen atoms in total. The first kappa shape index (κ1) is 17.5. The molecule has 5 heteroatoms. The zero-order chi connectivity index (χ0) is 18.1. The van der Waals surface area contributed by atoms with E-state index in [0.717, 1.165) is 10.8 Å². The monoisotopic (exact) mass is 356 g/mol. The van der Waals surface area contributed by atoms with E-state index in [0.29, 0.717) is 11.3 Å². The van der Waals surface area contributed by atoms with Crippen molar-refractivity contribution >= 4 is 20.6 Å². The largest absolute Gasteiger partial charge is 0.497 e. The van der Waals surface area contributed by atoms with Crippen LogP contribution in [0.1, 0.15) is 12.5 Å². The van der Waals surface area contributed by atoms with Gasteiger partial charge in [0.05, 0.1) is 17.8 Å². The smallest absolute Gasteiger partial charge is 0.181 e. The minimum Gasteiger partial charge on any atom is -0.497 e. The molecule has 0 heterocycles. The Balaban J connectivity index is 1.92. The van der Waals surface area contributed by atoms with E-state index in [1.54, 1.807) is 18.2 Å². The molecule has 3 aromatic rings. The van der Waals surface area contributed by atoms with Crippen LogP contribution in [0.4, 0.5) is 0 Å². The molecule has 0 aliphatic rings. The molecule has 1 unspecified atom stereocenters. The van der Waals surface area contributed by atoms with Gasteiger partial charge in [-0.05, 0) is 53.6 Å². The number of benzene rings is 3. The minimum atomic E-state index is -3.65. The van der Waals surface area contributed by atoms with E-state index < -0.39 is 21.2 Å². The van der Waals surface area contributed by atoms with Crippen LogP contribution in [0.15, 0.2) is 71.6 Å². The lowest BCUT2D eigenvalue weighted by molar-refractivity contribution is 0.0821. The van der Waals surface area contributed by atoms with Crippen molar-refractivity contribution in [3.05, 3.63) is 72.3 Å². The van der Waals surface area contributed by atoms with Crippen LogP contribution in [-0.4, -0.2) is 26.4 Å². The Morgan fingerprint density at radius 1 is 0.960 bits per heavy atom. The second-order valence-corrected chi connectivity index (χ2v) is 8.26. The summed E-state index contributed by atoms with van der Waals surface area (Å²) in [5.41, 5.74) is -0.925. The van der Waals surface area contributed by atoms with Crippen molar-refractivity contribution in [1.29, 1.82) is 0 Å². The molecule has 25 heavy (non-hydrogen) atoms. The number of fused-ring (bicyclic) bond motifs is 1. The molecule has 0 amide bonds. The molecule has 0 aliphatic carbocycles. The summed E-state index contributed by atoms with van der Waals surface area (Å²) < 4.78 is 30.4. The average Bonchev–Trinajstić information content (AvgIpc) is 2.60. The van der Waals surface area contributed by atoms with E-state index in [4.69, 9.17) is 4.74 Å². The van der Waals surface area contributed by atoms with Gasteiger partial charge in [-0.15, -0.1) is 0 Å². The molecule has 0 saturated carbocycles. The molecule has 0 bridgehead atoms. The van der Waals surface area contributed by atoms with E-state index in [-0.39, 0.29) is 4.90 Å². The van der Waals surface area contributed by atoms with Crippen LogP contribution in [-0.2, 0) is 15.4 Å². The Bertz CT molecular complexity index is 990. The zero-order valence-electron chi connectivity index (χ0n) is 14.1. The summed E-state index contributed by atoms with van der Waals surface area (Å²) >= 11 is 0. The molecule has 1 atom stereocenters. The summed E-state index contributed by atoms with van der Waals surface area (Å²) in [5.74, 6) is 0.185. The Hall–Kier alpha value is -2.37. The number of sulfone groups is 1. The van der Waals surface area contributed by atoms with E-state index >= 15 is 0 Å². The summed E-state index contributed by atoms with van der Waals surface area (Å²) in [5, 5.41) is 12.8. The van der Waals surface area contributed by atoms with Crippen LogP contribution in [0.25, 0.3) is 10.8 Å². The van der Waals surface area contributed by atoms with Gasteiger partial charge in [0, 0.05) is 0 Å². The molecular formula is C20H20O4S.